The van der Waals surface area contributed by atoms with E-state index in [1.807, 2.05) is 18.2 Å². The van der Waals surface area contributed by atoms with E-state index in [9.17, 15) is 14.0 Å². The zero-order valence-electron chi connectivity index (χ0n) is 21.3. The van der Waals surface area contributed by atoms with Crippen molar-refractivity contribution in [2.45, 2.75) is 38.0 Å². The minimum atomic E-state index is -0.593. The highest BCUT2D eigenvalue weighted by Gasteiger charge is 2.47. The lowest BCUT2D eigenvalue weighted by Crippen LogP contribution is -2.16. The van der Waals surface area contributed by atoms with Crippen LogP contribution in [0.1, 0.15) is 59.0 Å². The molecule has 0 saturated heterocycles. The van der Waals surface area contributed by atoms with Crippen molar-refractivity contribution in [1.82, 2.24) is 4.98 Å². The summed E-state index contributed by atoms with van der Waals surface area (Å²) in [5, 5.41) is 0.543. The first-order valence-corrected chi connectivity index (χ1v) is 13.0. The molecule has 0 N–H and O–H groups in total. The highest BCUT2D eigenvalue weighted by molar-refractivity contribution is 6.12. The fourth-order valence-electron chi connectivity index (χ4n) is 5.25. The standard InChI is InChI=1S/C33H25F2NO3/c1-2-26(37)30-25-18-21(11-14-28(25)39-32(30)20-9-12-22(34)13-10-20)23-6-5-7-24(31(23)35)27(38)19-33(15-16-33)29-8-3-4-17-36-29/h3-14,17-18H,2,15-16,19H2,1H3. The van der Waals surface area contributed by atoms with Crippen LogP contribution in [0.2, 0.25) is 0 Å². The second-order valence-electron chi connectivity index (χ2n) is 10.1. The largest absolute Gasteiger partial charge is 0.455 e. The first-order chi connectivity index (χ1) is 18.9. The molecule has 1 saturated carbocycles. The van der Waals surface area contributed by atoms with Crippen LogP contribution in [0.25, 0.3) is 33.4 Å². The number of ketones is 2. The van der Waals surface area contributed by atoms with Crippen LogP contribution in [0.5, 0.6) is 0 Å². The Labute approximate surface area is 224 Å². The van der Waals surface area contributed by atoms with Crippen LogP contribution in [-0.2, 0) is 5.41 Å². The number of carbonyl (C=O) groups is 2. The monoisotopic (exact) mass is 521 g/mol. The number of Topliss-reactive ketones (excluding diaryl/α,β-unsaturated/α-hetero) is 2. The molecule has 0 radical (unpaired) electrons. The quantitative estimate of drug-likeness (QED) is 0.193. The normalized spacial score (nSPS) is 13.9. The maximum atomic E-state index is 15.9. The van der Waals surface area contributed by atoms with E-state index in [1.165, 1.54) is 18.2 Å². The summed E-state index contributed by atoms with van der Waals surface area (Å²) >= 11 is 0. The van der Waals surface area contributed by atoms with Crippen molar-refractivity contribution in [3.8, 4) is 22.5 Å². The molecule has 1 aliphatic rings. The maximum Gasteiger partial charge on any atom is 0.167 e. The van der Waals surface area contributed by atoms with Gasteiger partial charge in [0.1, 0.15) is 23.0 Å². The summed E-state index contributed by atoms with van der Waals surface area (Å²) < 4.78 is 35.4. The van der Waals surface area contributed by atoms with Gasteiger partial charge in [0, 0.05) is 46.7 Å². The number of hydrogen-bond donors (Lipinski definition) is 0. The average molecular weight is 522 g/mol. The minimum absolute atomic E-state index is 0.0406. The van der Waals surface area contributed by atoms with E-state index in [4.69, 9.17) is 4.42 Å². The molecule has 39 heavy (non-hydrogen) atoms. The van der Waals surface area contributed by atoms with Gasteiger partial charge in [0.15, 0.2) is 11.6 Å². The number of halogens is 2. The molecule has 6 rings (SSSR count). The second-order valence-corrected chi connectivity index (χ2v) is 10.1. The van der Waals surface area contributed by atoms with Gasteiger partial charge in [0.2, 0.25) is 0 Å². The number of fused-ring (bicyclic) bond motifs is 1. The van der Waals surface area contributed by atoms with Gasteiger partial charge in [-0.05, 0) is 73.0 Å². The molecule has 194 valence electrons. The highest BCUT2D eigenvalue weighted by atomic mass is 19.1. The van der Waals surface area contributed by atoms with E-state index in [2.05, 4.69) is 4.98 Å². The molecular weight excluding hydrogens is 496 g/mol. The van der Waals surface area contributed by atoms with Crippen molar-refractivity contribution in [3.05, 3.63) is 114 Å². The first-order valence-electron chi connectivity index (χ1n) is 13.0. The zero-order chi connectivity index (χ0) is 27.1. The van der Waals surface area contributed by atoms with Gasteiger partial charge in [-0.1, -0.05) is 31.2 Å². The second kappa shape index (κ2) is 9.70. The Kier molecular flexibility index (Phi) is 6.18. The molecule has 0 spiro atoms. The Morgan fingerprint density at radius 2 is 1.67 bits per heavy atom. The van der Waals surface area contributed by atoms with Gasteiger partial charge in [-0.3, -0.25) is 14.6 Å². The summed E-state index contributed by atoms with van der Waals surface area (Å²) in [5.41, 5.74) is 2.79. The van der Waals surface area contributed by atoms with Crippen molar-refractivity contribution in [3.63, 3.8) is 0 Å². The van der Waals surface area contributed by atoms with Crippen molar-refractivity contribution >= 4 is 22.5 Å². The number of nitrogens with zero attached hydrogens (tertiary/aromatic N) is 1. The van der Waals surface area contributed by atoms with Crippen LogP contribution in [0.3, 0.4) is 0 Å². The fraction of sp³-hybridized carbons (Fsp3) is 0.182. The van der Waals surface area contributed by atoms with Crippen LogP contribution in [0, 0.1) is 11.6 Å². The van der Waals surface area contributed by atoms with Crippen LogP contribution in [0.15, 0.2) is 89.5 Å². The summed E-state index contributed by atoms with van der Waals surface area (Å²) in [6.07, 6.45) is 3.84. The Morgan fingerprint density at radius 1 is 0.897 bits per heavy atom. The Bertz CT molecular complexity index is 1720. The van der Waals surface area contributed by atoms with E-state index in [-0.39, 0.29) is 41.0 Å². The van der Waals surface area contributed by atoms with Gasteiger partial charge in [0.05, 0.1) is 11.1 Å². The van der Waals surface area contributed by atoms with E-state index in [0.717, 1.165) is 18.5 Å². The number of furan rings is 1. The lowest BCUT2D eigenvalue weighted by atomic mass is 9.90. The molecule has 2 aromatic heterocycles. The molecule has 1 aliphatic carbocycles. The summed E-state index contributed by atoms with van der Waals surface area (Å²) in [7, 11) is 0. The fourth-order valence-corrected chi connectivity index (χ4v) is 5.25. The zero-order valence-corrected chi connectivity index (χ0v) is 21.3. The van der Waals surface area contributed by atoms with E-state index in [1.54, 1.807) is 55.6 Å². The molecule has 6 heteroatoms. The first kappa shape index (κ1) is 24.9. The van der Waals surface area contributed by atoms with Crippen molar-refractivity contribution in [2.75, 3.05) is 0 Å². The molecule has 5 aromatic rings. The highest BCUT2D eigenvalue weighted by Crippen LogP contribution is 2.51. The molecular formula is C33H25F2NO3. The van der Waals surface area contributed by atoms with Crippen LogP contribution in [0.4, 0.5) is 8.78 Å². The predicted octanol–water partition coefficient (Wildman–Crippen LogP) is 8.34. The van der Waals surface area contributed by atoms with E-state index >= 15 is 4.39 Å². The number of carbonyl (C=O) groups excluding carboxylic acids is 2. The summed E-state index contributed by atoms with van der Waals surface area (Å²) in [6, 6.07) is 21.3. The maximum absolute atomic E-state index is 15.9. The van der Waals surface area contributed by atoms with Gasteiger partial charge in [-0.15, -0.1) is 0 Å². The van der Waals surface area contributed by atoms with Crippen LogP contribution >= 0.6 is 0 Å². The third-order valence-electron chi connectivity index (χ3n) is 7.57. The number of hydrogen-bond acceptors (Lipinski definition) is 4. The van der Waals surface area contributed by atoms with E-state index < -0.39 is 11.6 Å². The molecule has 0 unspecified atom stereocenters. The Hall–Kier alpha value is -4.45. The number of aromatic nitrogens is 1. The molecule has 0 bridgehead atoms. The third-order valence-corrected chi connectivity index (χ3v) is 7.57. The SMILES string of the molecule is CCC(=O)c1c(-c2ccc(F)cc2)oc2ccc(-c3cccc(C(=O)CC4(c5ccccn5)CC4)c3F)cc12. The van der Waals surface area contributed by atoms with Crippen molar-refractivity contribution in [2.24, 2.45) is 0 Å². The van der Waals surface area contributed by atoms with Gasteiger partial charge in [0.25, 0.3) is 0 Å². The van der Waals surface area contributed by atoms with Gasteiger partial charge in [-0.25, -0.2) is 8.78 Å². The van der Waals surface area contributed by atoms with Crippen molar-refractivity contribution < 1.29 is 22.8 Å². The summed E-state index contributed by atoms with van der Waals surface area (Å²) in [5.74, 6) is -1.04. The molecule has 0 atom stereocenters. The van der Waals surface area contributed by atoms with Gasteiger partial charge in [-0.2, -0.15) is 0 Å². The smallest absolute Gasteiger partial charge is 0.167 e. The molecule has 1 fully saturated rings. The van der Waals surface area contributed by atoms with Gasteiger partial charge >= 0.3 is 0 Å². The summed E-state index contributed by atoms with van der Waals surface area (Å²) in [4.78, 5) is 30.7. The molecule has 3 aromatic carbocycles. The Morgan fingerprint density at radius 3 is 2.36 bits per heavy atom. The summed E-state index contributed by atoms with van der Waals surface area (Å²) in [6.45, 7) is 1.76. The third kappa shape index (κ3) is 4.46. The lowest BCUT2D eigenvalue weighted by Gasteiger charge is -2.15. The number of rotatable bonds is 8. The number of pyridine rings is 1. The molecule has 0 amide bonds. The topological polar surface area (TPSA) is 60.2 Å². The van der Waals surface area contributed by atoms with Gasteiger partial charge < -0.3 is 4.42 Å². The molecule has 4 nitrogen and oxygen atoms in total. The predicted molar refractivity (Wildman–Crippen MR) is 146 cm³/mol. The van der Waals surface area contributed by atoms with Crippen LogP contribution < -0.4 is 0 Å². The number of benzene rings is 3. The average Bonchev–Trinajstić information content (AvgIpc) is 3.64. The van der Waals surface area contributed by atoms with E-state index in [0.29, 0.717) is 33.4 Å². The molecule has 2 heterocycles. The lowest BCUT2D eigenvalue weighted by molar-refractivity contribution is 0.0962. The van der Waals surface area contributed by atoms with Crippen LogP contribution in [-0.4, -0.2) is 16.6 Å². The van der Waals surface area contributed by atoms with Crippen molar-refractivity contribution in [1.29, 1.82) is 0 Å². The minimum Gasteiger partial charge on any atom is -0.455 e. The Balaban J connectivity index is 1.39. The molecule has 0 aliphatic heterocycles.